The van der Waals surface area contributed by atoms with Crippen molar-refractivity contribution in [3.05, 3.63) is 48.2 Å². The fourth-order valence-corrected chi connectivity index (χ4v) is 5.05. The summed E-state index contributed by atoms with van der Waals surface area (Å²) >= 11 is 0. The minimum absolute atomic E-state index is 0.168. The number of amides is 1. The van der Waals surface area contributed by atoms with Gasteiger partial charge in [0.25, 0.3) is 0 Å². The Labute approximate surface area is 230 Å². The molecular formula is C33H52N2O3. The smallest absolute Gasteiger partial charge is 0.326 e. The molecule has 212 valence electrons. The van der Waals surface area contributed by atoms with E-state index in [2.05, 4.69) is 29.4 Å². The first-order valence-corrected chi connectivity index (χ1v) is 15.3. The molecule has 0 spiro atoms. The van der Waals surface area contributed by atoms with Gasteiger partial charge in [-0.05, 0) is 43.7 Å². The van der Waals surface area contributed by atoms with Crippen molar-refractivity contribution in [3.63, 3.8) is 0 Å². The van der Waals surface area contributed by atoms with E-state index in [4.69, 9.17) is 0 Å². The number of carboxylic acid groups (broad SMARTS) is 1. The first-order chi connectivity index (χ1) is 18.6. The maximum atomic E-state index is 12.3. The van der Waals surface area contributed by atoms with Crippen molar-refractivity contribution in [2.24, 2.45) is 0 Å². The van der Waals surface area contributed by atoms with Crippen LogP contribution in [0.1, 0.15) is 128 Å². The first-order valence-electron chi connectivity index (χ1n) is 15.3. The van der Waals surface area contributed by atoms with Crippen molar-refractivity contribution >= 4 is 22.8 Å². The topological polar surface area (TPSA) is 82.2 Å². The SMILES string of the molecule is CCCCCCCCC=CCCCCCCCCCCCC(=O)N[C@@H](Cc1c[nH]c2ccccc12)C(=O)O. The second-order valence-electron chi connectivity index (χ2n) is 10.8. The molecule has 0 bridgehead atoms. The number of benzene rings is 1. The summed E-state index contributed by atoms with van der Waals surface area (Å²) in [5, 5.41) is 13.3. The van der Waals surface area contributed by atoms with Crippen LogP contribution in [0.4, 0.5) is 0 Å². The molecule has 0 aliphatic carbocycles. The van der Waals surface area contributed by atoms with Crippen molar-refractivity contribution in [2.45, 2.75) is 135 Å². The molecule has 0 radical (unpaired) electrons. The highest BCUT2D eigenvalue weighted by Crippen LogP contribution is 2.19. The molecule has 1 aromatic heterocycles. The molecule has 3 N–H and O–H groups in total. The monoisotopic (exact) mass is 524 g/mol. The molecule has 1 aromatic carbocycles. The summed E-state index contributed by atoms with van der Waals surface area (Å²) in [6.07, 6.45) is 28.7. The summed E-state index contributed by atoms with van der Waals surface area (Å²) in [6, 6.07) is 6.90. The summed E-state index contributed by atoms with van der Waals surface area (Å²) in [7, 11) is 0. The van der Waals surface area contributed by atoms with E-state index in [1.54, 1.807) is 0 Å². The van der Waals surface area contributed by atoms with Gasteiger partial charge in [-0.2, -0.15) is 0 Å². The molecule has 1 heterocycles. The molecule has 38 heavy (non-hydrogen) atoms. The lowest BCUT2D eigenvalue weighted by Gasteiger charge is -2.14. The number of allylic oxidation sites excluding steroid dienone is 2. The van der Waals surface area contributed by atoms with Gasteiger partial charge < -0.3 is 15.4 Å². The molecule has 2 rings (SSSR count). The highest BCUT2D eigenvalue weighted by molar-refractivity contribution is 5.86. The first kappa shape index (κ1) is 31.7. The van der Waals surface area contributed by atoms with E-state index in [1.165, 1.54) is 89.9 Å². The van der Waals surface area contributed by atoms with E-state index in [0.29, 0.717) is 6.42 Å². The number of unbranched alkanes of at least 4 members (excludes halogenated alkanes) is 15. The van der Waals surface area contributed by atoms with Crippen LogP contribution in [0.2, 0.25) is 0 Å². The fourth-order valence-electron chi connectivity index (χ4n) is 5.05. The molecule has 0 saturated heterocycles. The number of fused-ring (bicyclic) bond motifs is 1. The van der Waals surface area contributed by atoms with Gasteiger partial charge >= 0.3 is 5.97 Å². The van der Waals surface area contributed by atoms with E-state index in [-0.39, 0.29) is 12.3 Å². The zero-order valence-corrected chi connectivity index (χ0v) is 23.8. The number of hydrogen-bond donors (Lipinski definition) is 3. The lowest BCUT2D eigenvalue weighted by Crippen LogP contribution is -2.42. The van der Waals surface area contributed by atoms with Crippen molar-refractivity contribution < 1.29 is 14.7 Å². The van der Waals surface area contributed by atoms with Gasteiger partial charge in [0.2, 0.25) is 5.91 Å². The molecule has 5 heteroatoms. The Kier molecular flexibility index (Phi) is 17.0. The highest BCUT2D eigenvalue weighted by Gasteiger charge is 2.21. The van der Waals surface area contributed by atoms with Gasteiger partial charge in [-0.25, -0.2) is 4.79 Å². The molecule has 1 atom stereocenters. The normalized spacial score (nSPS) is 12.3. The summed E-state index contributed by atoms with van der Waals surface area (Å²) in [4.78, 5) is 27.2. The predicted octanol–water partition coefficient (Wildman–Crippen LogP) is 8.88. The summed E-state index contributed by atoms with van der Waals surface area (Å²) in [5.74, 6) is -1.16. The Hall–Kier alpha value is -2.56. The number of rotatable bonds is 23. The van der Waals surface area contributed by atoms with E-state index in [1.807, 2.05) is 30.5 Å². The fraction of sp³-hybridized carbons (Fsp3) is 0.636. The Morgan fingerprint density at radius 3 is 1.97 bits per heavy atom. The number of aromatic amines is 1. The Bertz CT molecular complexity index is 933. The van der Waals surface area contributed by atoms with Crippen LogP contribution in [-0.2, 0) is 16.0 Å². The predicted molar refractivity (Wildman–Crippen MR) is 159 cm³/mol. The second-order valence-corrected chi connectivity index (χ2v) is 10.8. The van der Waals surface area contributed by atoms with Crippen LogP contribution < -0.4 is 5.32 Å². The number of para-hydroxylation sites is 1. The van der Waals surface area contributed by atoms with Crippen molar-refractivity contribution in [2.75, 3.05) is 0 Å². The summed E-state index contributed by atoms with van der Waals surface area (Å²) < 4.78 is 0. The quantitative estimate of drug-likeness (QED) is 0.100. The number of aromatic nitrogens is 1. The van der Waals surface area contributed by atoms with Gasteiger partial charge in [0, 0.05) is 29.9 Å². The standard InChI is InChI=1S/C33H52N2O3/c1-2-3-4-5-6-7-8-9-10-11-12-13-14-15-16-17-18-19-20-25-32(36)35-31(33(37)38)26-28-27-34-30-24-22-21-23-29(28)30/h9-10,21-24,27,31,34H,2-8,11-20,25-26H2,1H3,(H,35,36)(H,37,38)/t31-/m0/s1. The molecule has 2 aromatic rings. The summed E-state index contributed by atoms with van der Waals surface area (Å²) in [6.45, 7) is 2.27. The number of carboxylic acids is 1. The largest absolute Gasteiger partial charge is 0.480 e. The van der Waals surface area contributed by atoms with E-state index in [0.717, 1.165) is 35.7 Å². The molecule has 0 unspecified atom stereocenters. The molecule has 0 aliphatic heterocycles. The average Bonchev–Trinajstić information content (AvgIpc) is 3.32. The highest BCUT2D eigenvalue weighted by atomic mass is 16.4. The van der Waals surface area contributed by atoms with E-state index >= 15 is 0 Å². The average molecular weight is 525 g/mol. The van der Waals surface area contributed by atoms with Gasteiger partial charge in [0.05, 0.1) is 0 Å². The van der Waals surface area contributed by atoms with Gasteiger partial charge in [0.15, 0.2) is 0 Å². The number of hydrogen-bond acceptors (Lipinski definition) is 2. The minimum Gasteiger partial charge on any atom is -0.480 e. The zero-order chi connectivity index (χ0) is 27.3. The molecule has 0 aliphatic rings. The molecule has 5 nitrogen and oxygen atoms in total. The maximum absolute atomic E-state index is 12.3. The maximum Gasteiger partial charge on any atom is 0.326 e. The Morgan fingerprint density at radius 1 is 0.816 bits per heavy atom. The summed E-state index contributed by atoms with van der Waals surface area (Å²) in [5.41, 5.74) is 1.89. The van der Waals surface area contributed by atoms with Gasteiger partial charge in [-0.3, -0.25) is 4.79 Å². The third-order valence-corrected chi connectivity index (χ3v) is 7.40. The van der Waals surface area contributed by atoms with E-state index < -0.39 is 12.0 Å². The van der Waals surface area contributed by atoms with Crippen LogP contribution in [-0.4, -0.2) is 28.0 Å². The van der Waals surface area contributed by atoms with Crippen LogP contribution in [0.15, 0.2) is 42.6 Å². The number of H-pyrrole nitrogens is 1. The van der Waals surface area contributed by atoms with E-state index in [9.17, 15) is 14.7 Å². The van der Waals surface area contributed by atoms with Crippen molar-refractivity contribution in [3.8, 4) is 0 Å². The van der Waals surface area contributed by atoms with Gasteiger partial charge in [-0.1, -0.05) is 114 Å². The minimum atomic E-state index is -0.993. The van der Waals surface area contributed by atoms with Crippen LogP contribution >= 0.6 is 0 Å². The van der Waals surface area contributed by atoms with Crippen LogP contribution in [0.5, 0.6) is 0 Å². The van der Waals surface area contributed by atoms with Gasteiger partial charge in [-0.15, -0.1) is 0 Å². The number of nitrogens with one attached hydrogen (secondary N) is 2. The van der Waals surface area contributed by atoms with Crippen molar-refractivity contribution in [1.82, 2.24) is 10.3 Å². The molecule has 1 amide bonds. The third-order valence-electron chi connectivity index (χ3n) is 7.40. The third kappa shape index (κ3) is 13.8. The van der Waals surface area contributed by atoms with Crippen LogP contribution in [0.3, 0.4) is 0 Å². The molecular weight excluding hydrogens is 472 g/mol. The lowest BCUT2D eigenvalue weighted by atomic mass is 10.0. The van der Waals surface area contributed by atoms with Crippen molar-refractivity contribution in [1.29, 1.82) is 0 Å². The Balaban J connectivity index is 1.42. The molecule has 0 fully saturated rings. The lowest BCUT2D eigenvalue weighted by molar-refractivity contribution is -0.141. The number of carbonyl (C=O) groups is 2. The van der Waals surface area contributed by atoms with Gasteiger partial charge in [0.1, 0.15) is 6.04 Å². The van der Waals surface area contributed by atoms with Crippen LogP contribution in [0, 0.1) is 0 Å². The zero-order valence-electron chi connectivity index (χ0n) is 23.8. The molecule has 0 saturated carbocycles. The number of aliphatic carboxylic acids is 1. The second kappa shape index (κ2) is 20.4. The van der Waals surface area contributed by atoms with Crippen LogP contribution in [0.25, 0.3) is 10.9 Å². The Morgan fingerprint density at radius 2 is 1.37 bits per heavy atom. The number of carbonyl (C=O) groups excluding carboxylic acids is 1.